The Labute approximate surface area is 126 Å². The Kier molecular flexibility index (Phi) is 5.77. The average Bonchev–Trinajstić information content (AvgIpc) is 2.51. The molecule has 4 nitrogen and oxygen atoms in total. The molecular formula is C17H22N2O2. The third-order valence-corrected chi connectivity index (χ3v) is 3.92. The van der Waals surface area contributed by atoms with Gasteiger partial charge in [-0.3, -0.25) is 4.79 Å². The van der Waals surface area contributed by atoms with Crippen LogP contribution in [0.15, 0.2) is 18.3 Å². The number of nitrogens with one attached hydrogen (secondary N) is 1. The summed E-state index contributed by atoms with van der Waals surface area (Å²) in [5.41, 5.74) is 0.892. The molecule has 1 aliphatic carbocycles. The fourth-order valence-corrected chi connectivity index (χ4v) is 2.89. The lowest BCUT2D eigenvalue weighted by atomic mass is 9.82. The van der Waals surface area contributed by atoms with E-state index in [9.17, 15) is 4.79 Å². The van der Waals surface area contributed by atoms with Gasteiger partial charge in [-0.15, -0.1) is 0 Å². The molecule has 0 saturated heterocycles. The highest BCUT2D eigenvalue weighted by molar-refractivity contribution is 5.94. The number of hydrogen-bond acceptors (Lipinski definition) is 3. The van der Waals surface area contributed by atoms with E-state index in [1.54, 1.807) is 18.3 Å². The number of carbonyl (C=O) groups is 1. The topological polar surface area (TPSA) is 62.2 Å². The third kappa shape index (κ3) is 4.57. The van der Waals surface area contributed by atoms with E-state index in [0.717, 1.165) is 5.92 Å². The minimum Gasteiger partial charge on any atom is -0.384 e. The molecule has 1 aromatic rings. The van der Waals surface area contributed by atoms with E-state index < -0.39 is 0 Å². The van der Waals surface area contributed by atoms with Gasteiger partial charge in [0.15, 0.2) is 0 Å². The molecule has 2 unspecified atom stereocenters. The SMILES string of the molecule is CC1CCCC(CNC(=O)c2ncccc2C#CCO)C1. The Hall–Kier alpha value is -1.86. The molecule has 21 heavy (non-hydrogen) atoms. The Balaban J connectivity index is 1.97. The van der Waals surface area contributed by atoms with Gasteiger partial charge in [-0.1, -0.05) is 31.6 Å². The van der Waals surface area contributed by atoms with E-state index in [2.05, 4.69) is 29.1 Å². The summed E-state index contributed by atoms with van der Waals surface area (Å²) in [4.78, 5) is 16.4. The molecule has 1 aliphatic rings. The van der Waals surface area contributed by atoms with E-state index in [1.807, 2.05) is 0 Å². The number of nitrogens with zero attached hydrogens (tertiary/aromatic N) is 1. The number of rotatable bonds is 3. The largest absolute Gasteiger partial charge is 0.384 e. The van der Waals surface area contributed by atoms with Crippen LogP contribution in [0.5, 0.6) is 0 Å². The second-order valence-electron chi connectivity index (χ2n) is 5.71. The van der Waals surface area contributed by atoms with E-state index in [1.165, 1.54) is 25.7 Å². The van der Waals surface area contributed by atoms with Crippen molar-refractivity contribution in [3.05, 3.63) is 29.6 Å². The van der Waals surface area contributed by atoms with E-state index in [0.29, 0.717) is 23.7 Å². The lowest BCUT2D eigenvalue weighted by molar-refractivity contribution is 0.0935. The lowest BCUT2D eigenvalue weighted by Crippen LogP contribution is -2.32. The fraction of sp³-hybridized carbons (Fsp3) is 0.529. The van der Waals surface area contributed by atoms with Gasteiger partial charge in [-0.2, -0.15) is 0 Å². The van der Waals surface area contributed by atoms with Crippen molar-refractivity contribution in [3.63, 3.8) is 0 Å². The predicted molar refractivity (Wildman–Crippen MR) is 81.7 cm³/mol. The summed E-state index contributed by atoms with van der Waals surface area (Å²) in [5, 5.41) is 11.7. The van der Waals surface area contributed by atoms with Crippen LogP contribution >= 0.6 is 0 Å². The van der Waals surface area contributed by atoms with Crippen molar-refractivity contribution >= 4 is 5.91 Å². The standard InChI is InChI=1S/C17H22N2O2/c1-13-5-2-6-14(11-13)12-19-17(21)16-15(8-4-10-20)7-3-9-18-16/h3,7,9,13-14,20H,2,5-6,10-12H2,1H3,(H,19,21). The van der Waals surface area contributed by atoms with Gasteiger partial charge in [0.25, 0.3) is 5.91 Å². The van der Waals surface area contributed by atoms with Crippen LogP contribution in [0.4, 0.5) is 0 Å². The van der Waals surface area contributed by atoms with Crippen LogP contribution in [0.3, 0.4) is 0 Å². The third-order valence-electron chi connectivity index (χ3n) is 3.92. The zero-order valence-electron chi connectivity index (χ0n) is 12.4. The molecule has 0 aliphatic heterocycles. The monoisotopic (exact) mass is 286 g/mol. The molecule has 1 saturated carbocycles. The minimum atomic E-state index is -0.226. The predicted octanol–water partition coefficient (Wildman–Crippen LogP) is 1.98. The molecular weight excluding hydrogens is 264 g/mol. The molecule has 1 amide bonds. The second-order valence-corrected chi connectivity index (χ2v) is 5.71. The van der Waals surface area contributed by atoms with Gasteiger partial charge in [0.2, 0.25) is 0 Å². The molecule has 0 aromatic carbocycles. The molecule has 1 aromatic heterocycles. The maximum Gasteiger partial charge on any atom is 0.271 e. The van der Waals surface area contributed by atoms with Gasteiger partial charge in [0.05, 0.1) is 5.56 Å². The van der Waals surface area contributed by atoms with Gasteiger partial charge in [0.1, 0.15) is 12.3 Å². The molecule has 1 heterocycles. The number of pyridine rings is 1. The Morgan fingerprint density at radius 1 is 1.52 bits per heavy atom. The summed E-state index contributed by atoms with van der Waals surface area (Å²) in [6, 6.07) is 3.48. The van der Waals surface area contributed by atoms with Crippen LogP contribution in [0.25, 0.3) is 0 Å². The zero-order chi connectivity index (χ0) is 15.1. The highest BCUT2D eigenvalue weighted by atomic mass is 16.2. The first-order valence-electron chi connectivity index (χ1n) is 7.53. The zero-order valence-corrected chi connectivity index (χ0v) is 12.4. The van der Waals surface area contributed by atoms with Crippen molar-refractivity contribution in [2.75, 3.05) is 13.2 Å². The molecule has 2 rings (SSSR count). The van der Waals surface area contributed by atoms with Crippen molar-refractivity contribution in [1.29, 1.82) is 0 Å². The maximum absolute atomic E-state index is 12.2. The molecule has 0 spiro atoms. The smallest absolute Gasteiger partial charge is 0.271 e. The van der Waals surface area contributed by atoms with Crippen LogP contribution in [0, 0.1) is 23.7 Å². The molecule has 4 heteroatoms. The summed E-state index contributed by atoms with van der Waals surface area (Å²) in [6.45, 7) is 2.75. The van der Waals surface area contributed by atoms with Crippen molar-refractivity contribution in [2.45, 2.75) is 32.6 Å². The lowest BCUT2D eigenvalue weighted by Gasteiger charge is -2.26. The van der Waals surface area contributed by atoms with Crippen molar-refractivity contribution in [3.8, 4) is 11.8 Å². The second kappa shape index (κ2) is 7.80. The van der Waals surface area contributed by atoms with Gasteiger partial charge >= 0.3 is 0 Å². The molecule has 1 fully saturated rings. The van der Waals surface area contributed by atoms with Crippen molar-refractivity contribution in [2.24, 2.45) is 11.8 Å². The summed E-state index contributed by atoms with van der Waals surface area (Å²) >= 11 is 0. The number of aromatic nitrogens is 1. The summed E-state index contributed by atoms with van der Waals surface area (Å²) < 4.78 is 0. The van der Waals surface area contributed by atoms with E-state index in [-0.39, 0.29) is 12.5 Å². The molecule has 0 bridgehead atoms. The molecule has 2 atom stereocenters. The molecule has 0 radical (unpaired) electrons. The highest BCUT2D eigenvalue weighted by Gasteiger charge is 2.20. The van der Waals surface area contributed by atoms with Crippen LogP contribution in [-0.4, -0.2) is 29.1 Å². The number of aliphatic hydroxyl groups excluding tert-OH is 1. The first kappa shape index (κ1) is 15.5. The maximum atomic E-state index is 12.2. The van der Waals surface area contributed by atoms with Gasteiger partial charge in [-0.25, -0.2) is 4.98 Å². The van der Waals surface area contributed by atoms with Gasteiger partial charge in [-0.05, 0) is 36.8 Å². The molecule has 2 N–H and O–H groups in total. The fourth-order valence-electron chi connectivity index (χ4n) is 2.89. The Morgan fingerprint density at radius 2 is 2.38 bits per heavy atom. The van der Waals surface area contributed by atoms with Crippen molar-refractivity contribution < 1.29 is 9.90 Å². The van der Waals surface area contributed by atoms with Gasteiger partial charge < -0.3 is 10.4 Å². The number of amides is 1. The summed E-state index contributed by atoms with van der Waals surface area (Å²) in [7, 11) is 0. The van der Waals surface area contributed by atoms with E-state index >= 15 is 0 Å². The normalized spacial score (nSPS) is 21.2. The average molecular weight is 286 g/mol. The minimum absolute atomic E-state index is 0.184. The van der Waals surface area contributed by atoms with Crippen molar-refractivity contribution in [1.82, 2.24) is 10.3 Å². The number of hydrogen-bond donors (Lipinski definition) is 2. The van der Waals surface area contributed by atoms with E-state index in [4.69, 9.17) is 5.11 Å². The Bertz CT molecular complexity index is 545. The summed E-state index contributed by atoms with van der Waals surface area (Å²) in [6.07, 6.45) is 6.50. The quantitative estimate of drug-likeness (QED) is 0.835. The van der Waals surface area contributed by atoms with Crippen LogP contribution < -0.4 is 5.32 Å². The first-order chi connectivity index (χ1) is 10.2. The number of aliphatic hydroxyl groups is 1. The van der Waals surface area contributed by atoms with Crippen LogP contribution in [0.2, 0.25) is 0 Å². The molecule has 112 valence electrons. The summed E-state index contributed by atoms with van der Waals surface area (Å²) in [5.74, 6) is 6.45. The first-order valence-corrected chi connectivity index (χ1v) is 7.53. The van der Waals surface area contributed by atoms with Crippen LogP contribution in [-0.2, 0) is 0 Å². The van der Waals surface area contributed by atoms with Gasteiger partial charge in [0, 0.05) is 12.7 Å². The van der Waals surface area contributed by atoms with Crippen LogP contribution in [0.1, 0.15) is 48.7 Å². The number of carbonyl (C=O) groups excluding carboxylic acids is 1. The Morgan fingerprint density at radius 3 is 3.14 bits per heavy atom. The highest BCUT2D eigenvalue weighted by Crippen LogP contribution is 2.27.